The van der Waals surface area contributed by atoms with Crippen LogP contribution in [0, 0.1) is 11.3 Å². The summed E-state index contributed by atoms with van der Waals surface area (Å²) in [6, 6.07) is 5.64. The lowest BCUT2D eigenvalue weighted by molar-refractivity contribution is -0.249. The highest BCUT2D eigenvalue weighted by molar-refractivity contribution is 6.31. The molecule has 6 atom stereocenters. The Morgan fingerprint density at radius 3 is 2.57 bits per heavy atom. The number of ether oxygens (including phenoxy) is 3. The van der Waals surface area contributed by atoms with Gasteiger partial charge in [0.2, 0.25) is 5.78 Å². The smallest absolute Gasteiger partial charge is 0.202 e. The number of hydrogen-bond acceptors (Lipinski definition) is 13. The van der Waals surface area contributed by atoms with E-state index >= 15 is 0 Å². The Morgan fingerprint density at radius 2 is 1.90 bits per heavy atom. The van der Waals surface area contributed by atoms with Gasteiger partial charge >= 0.3 is 0 Å². The summed E-state index contributed by atoms with van der Waals surface area (Å²) < 4.78 is 17.2. The van der Waals surface area contributed by atoms with Gasteiger partial charge in [-0.1, -0.05) is 12.1 Å². The van der Waals surface area contributed by atoms with E-state index in [-0.39, 0.29) is 41.0 Å². The zero-order chi connectivity index (χ0) is 30.5. The Kier molecular flexibility index (Phi) is 7.80. The monoisotopic (exact) mass is 582 g/mol. The molecule has 222 valence electrons. The van der Waals surface area contributed by atoms with E-state index < -0.39 is 95.7 Å². The Hall–Kier alpha value is -3.90. The topological polar surface area (TPSA) is 216 Å². The molecule has 0 saturated carbocycles. The van der Waals surface area contributed by atoms with Crippen molar-refractivity contribution in [2.45, 2.75) is 62.4 Å². The molecule has 6 N–H and O–H groups in total. The minimum Gasteiger partial charge on any atom is -0.507 e. The fraction of sp³-hybridized carbons (Fsp3) is 0.448. The van der Waals surface area contributed by atoms with Gasteiger partial charge in [0.25, 0.3) is 0 Å². The largest absolute Gasteiger partial charge is 0.507 e. The molecule has 4 unspecified atom stereocenters. The molecule has 0 aromatic heterocycles. The number of carbonyl (C=O) groups is 3. The van der Waals surface area contributed by atoms with Gasteiger partial charge in [0.1, 0.15) is 29.5 Å². The molecule has 1 heterocycles. The lowest BCUT2D eigenvalue weighted by Crippen LogP contribution is -2.54. The van der Waals surface area contributed by atoms with Gasteiger partial charge in [0, 0.05) is 42.0 Å². The van der Waals surface area contributed by atoms with E-state index in [4.69, 9.17) is 19.5 Å². The van der Waals surface area contributed by atoms with Crippen LogP contribution in [0.1, 0.15) is 68.8 Å². The number of aliphatic hydroxyl groups excluding tert-OH is 2. The van der Waals surface area contributed by atoms with Crippen molar-refractivity contribution in [3.8, 4) is 23.3 Å². The van der Waals surface area contributed by atoms with Crippen LogP contribution in [0.4, 0.5) is 0 Å². The van der Waals surface area contributed by atoms with Crippen LogP contribution in [-0.4, -0.2) is 93.3 Å². The van der Waals surface area contributed by atoms with Crippen molar-refractivity contribution < 1.29 is 54.1 Å². The van der Waals surface area contributed by atoms with Crippen molar-refractivity contribution in [3.05, 3.63) is 51.6 Å². The van der Waals surface area contributed by atoms with Crippen LogP contribution < -0.4 is 10.1 Å². The van der Waals surface area contributed by atoms with Crippen molar-refractivity contribution in [2.24, 2.45) is 0 Å². The summed E-state index contributed by atoms with van der Waals surface area (Å²) in [6.45, 7) is 0.473. The molecule has 0 amide bonds. The van der Waals surface area contributed by atoms with E-state index in [0.29, 0.717) is 0 Å². The molecule has 1 aliphatic heterocycles. The number of carbonyl (C=O) groups excluding carboxylic acids is 3. The number of fused-ring (bicyclic) bond motifs is 3. The Morgan fingerprint density at radius 1 is 1.19 bits per heavy atom. The third-order valence-corrected chi connectivity index (χ3v) is 8.20. The number of nitrogens with zero attached hydrogens (tertiary/aromatic N) is 1. The summed E-state index contributed by atoms with van der Waals surface area (Å²) in [5.74, 6) is -3.87. The molecule has 1 fully saturated rings. The molecule has 1 saturated heterocycles. The lowest BCUT2D eigenvalue weighted by atomic mass is 9.72. The maximum absolute atomic E-state index is 13.7. The second-order valence-corrected chi connectivity index (χ2v) is 10.6. The van der Waals surface area contributed by atoms with Crippen molar-refractivity contribution >= 4 is 17.3 Å². The van der Waals surface area contributed by atoms with Gasteiger partial charge in [-0.2, -0.15) is 5.26 Å². The number of phenols is 2. The summed E-state index contributed by atoms with van der Waals surface area (Å²) in [5.41, 5.74) is -3.76. The van der Waals surface area contributed by atoms with E-state index in [1.807, 2.05) is 6.07 Å². The summed E-state index contributed by atoms with van der Waals surface area (Å²) in [7, 11) is 1.32. The van der Waals surface area contributed by atoms with Gasteiger partial charge < -0.3 is 39.7 Å². The Labute approximate surface area is 239 Å². The molecule has 5 rings (SSSR count). The number of aromatic hydroxyl groups is 2. The molecule has 2 aromatic carbocycles. The summed E-state index contributed by atoms with van der Waals surface area (Å²) in [4.78, 5) is 40.0. The van der Waals surface area contributed by atoms with E-state index in [1.54, 1.807) is 6.92 Å². The quantitative estimate of drug-likeness (QED) is 0.162. The minimum absolute atomic E-state index is 0.0189. The molecule has 13 nitrogen and oxygen atoms in total. The van der Waals surface area contributed by atoms with Crippen LogP contribution in [0.25, 0.3) is 0 Å². The van der Waals surface area contributed by atoms with Crippen LogP contribution >= 0.6 is 0 Å². The molecule has 0 bridgehead atoms. The SMILES string of the molecule is COc1cccc2c1C(=O)c1c(O)c3c(c(O)c1C2=O)C[C@@](O)(C(=O)CO)C[C@@H]3OC1CC(NCC#N)C(O)C(C)O1. The second kappa shape index (κ2) is 11.1. The van der Waals surface area contributed by atoms with Gasteiger partial charge in [-0.3, -0.25) is 19.7 Å². The predicted molar refractivity (Wildman–Crippen MR) is 141 cm³/mol. The van der Waals surface area contributed by atoms with Crippen molar-refractivity contribution in [1.29, 1.82) is 5.26 Å². The highest BCUT2D eigenvalue weighted by Gasteiger charge is 2.50. The second-order valence-electron chi connectivity index (χ2n) is 10.6. The number of aliphatic hydroxyl groups is 3. The first kappa shape index (κ1) is 29.6. The number of hydrogen-bond donors (Lipinski definition) is 6. The highest BCUT2D eigenvalue weighted by Crippen LogP contribution is 2.52. The van der Waals surface area contributed by atoms with Gasteiger partial charge in [-0.15, -0.1) is 0 Å². The van der Waals surface area contributed by atoms with Crippen LogP contribution in [0.15, 0.2) is 18.2 Å². The van der Waals surface area contributed by atoms with Crippen LogP contribution in [-0.2, 0) is 20.7 Å². The molecule has 0 radical (unpaired) electrons. The number of benzene rings is 2. The Balaban J connectivity index is 1.64. The average molecular weight is 583 g/mol. The molecule has 0 spiro atoms. The maximum atomic E-state index is 13.7. The molecular formula is C29H30N2O11. The number of methoxy groups -OCH3 is 1. The minimum atomic E-state index is -2.27. The summed E-state index contributed by atoms with van der Waals surface area (Å²) in [5, 5.41) is 66.2. The summed E-state index contributed by atoms with van der Waals surface area (Å²) in [6.07, 6.45) is -5.31. The van der Waals surface area contributed by atoms with Crippen LogP contribution in [0.2, 0.25) is 0 Å². The normalized spacial score (nSPS) is 28.3. The van der Waals surface area contributed by atoms with Gasteiger partial charge in [0.15, 0.2) is 17.9 Å². The third kappa shape index (κ3) is 4.62. The first-order chi connectivity index (χ1) is 20.0. The number of rotatable bonds is 7. The zero-order valence-electron chi connectivity index (χ0n) is 22.8. The van der Waals surface area contributed by atoms with Crippen LogP contribution in [0.5, 0.6) is 17.2 Å². The number of ketones is 3. The predicted octanol–water partition coefficient (Wildman–Crippen LogP) is 0.156. The van der Waals surface area contributed by atoms with Crippen LogP contribution in [0.3, 0.4) is 0 Å². The third-order valence-electron chi connectivity index (χ3n) is 8.20. The zero-order valence-corrected chi connectivity index (χ0v) is 22.8. The molecule has 42 heavy (non-hydrogen) atoms. The molecule has 2 aromatic rings. The van der Waals surface area contributed by atoms with Gasteiger partial charge in [-0.25, -0.2) is 0 Å². The van der Waals surface area contributed by atoms with E-state index in [1.165, 1.54) is 25.3 Å². The fourth-order valence-electron chi connectivity index (χ4n) is 6.10. The van der Waals surface area contributed by atoms with E-state index in [0.717, 1.165) is 0 Å². The van der Waals surface area contributed by atoms with Crippen molar-refractivity contribution in [3.63, 3.8) is 0 Å². The molecular weight excluding hydrogens is 552 g/mol. The Bertz CT molecular complexity index is 1520. The van der Waals surface area contributed by atoms with E-state index in [2.05, 4.69) is 5.32 Å². The first-order valence-electron chi connectivity index (χ1n) is 13.3. The lowest BCUT2D eigenvalue weighted by Gasteiger charge is -2.42. The number of Topliss-reactive ketones (excluding diaryl/α,β-unsaturated/α-hetero) is 1. The highest BCUT2D eigenvalue weighted by atomic mass is 16.7. The number of nitriles is 1. The van der Waals surface area contributed by atoms with Crippen molar-refractivity contribution in [2.75, 3.05) is 20.3 Å². The van der Waals surface area contributed by atoms with E-state index in [9.17, 15) is 39.9 Å². The first-order valence-corrected chi connectivity index (χ1v) is 13.3. The van der Waals surface area contributed by atoms with Crippen molar-refractivity contribution in [1.82, 2.24) is 5.32 Å². The average Bonchev–Trinajstić information content (AvgIpc) is 2.97. The fourth-order valence-corrected chi connectivity index (χ4v) is 6.10. The molecule has 2 aliphatic carbocycles. The number of phenolic OH excluding ortho intramolecular Hbond substituents is 2. The van der Waals surface area contributed by atoms with Gasteiger partial charge in [0.05, 0.1) is 54.7 Å². The molecule has 13 heteroatoms. The number of nitrogens with one attached hydrogen (secondary N) is 1. The standard InChI is InChI=1S/C29H30N2O11/c1-12-24(34)15(31-7-6-30)8-19(41-12)42-17-10-29(39,18(33)11-32)9-14-21(17)28(38)23-22(26(14)36)25(35)13-4-3-5-16(40-2)20(13)27(23)37/h3-5,12,15,17,19,24,31-32,34,36,38-39H,7-11H2,1-2H3/t12?,15?,17-,19?,24?,29-/m0/s1. The summed E-state index contributed by atoms with van der Waals surface area (Å²) >= 11 is 0. The molecule has 3 aliphatic rings. The maximum Gasteiger partial charge on any atom is 0.202 e. The van der Waals surface area contributed by atoms with Gasteiger partial charge in [-0.05, 0) is 13.0 Å².